The van der Waals surface area contributed by atoms with E-state index in [0.717, 1.165) is 22.7 Å². The Bertz CT molecular complexity index is 531. The summed E-state index contributed by atoms with van der Waals surface area (Å²) in [7, 11) is 0. The van der Waals surface area contributed by atoms with Crippen LogP contribution >= 0.6 is 11.3 Å². The summed E-state index contributed by atoms with van der Waals surface area (Å²) in [4.78, 5) is 16.2. The molecule has 1 amide bonds. The van der Waals surface area contributed by atoms with Gasteiger partial charge in [-0.15, -0.1) is 11.3 Å². The maximum Gasteiger partial charge on any atom is 0.251 e. The van der Waals surface area contributed by atoms with E-state index in [2.05, 4.69) is 10.3 Å². The SMILES string of the molecule is Cc1ccc(C(=O)NCCc2nc(C)cs2)cc1. The Morgan fingerprint density at radius 2 is 2.00 bits per heavy atom. The number of nitrogens with zero attached hydrogens (tertiary/aromatic N) is 1. The lowest BCUT2D eigenvalue weighted by Gasteiger charge is -2.04. The van der Waals surface area contributed by atoms with Gasteiger partial charge in [-0.3, -0.25) is 4.79 Å². The number of amides is 1. The smallest absolute Gasteiger partial charge is 0.251 e. The van der Waals surface area contributed by atoms with Crippen molar-refractivity contribution in [3.63, 3.8) is 0 Å². The van der Waals surface area contributed by atoms with E-state index in [-0.39, 0.29) is 5.91 Å². The monoisotopic (exact) mass is 260 g/mol. The molecule has 0 saturated heterocycles. The molecule has 1 N–H and O–H groups in total. The van der Waals surface area contributed by atoms with Crippen LogP contribution in [0.2, 0.25) is 0 Å². The molecule has 0 saturated carbocycles. The molecule has 1 aromatic carbocycles. The second kappa shape index (κ2) is 5.78. The van der Waals surface area contributed by atoms with Crippen LogP contribution in [0.4, 0.5) is 0 Å². The number of rotatable bonds is 4. The van der Waals surface area contributed by atoms with Gasteiger partial charge in [0, 0.05) is 29.6 Å². The molecule has 2 rings (SSSR count). The van der Waals surface area contributed by atoms with Crippen molar-refractivity contribution >= 4 is 17.2 Å². The van der Waals surface area contributed by atoms with Crippen molar-refractivity contribution in [2.75, 3.05) is 6.54 Å². The lowest BCUT2D eigenvalue weighted by Crippen LogP contribution is -2.25. The zero-order valence-electron chi connectivity index (χ0n) is 10.6. The summed E-state index contributed by atoms with van der Waals surface area (Å²) >= 11 is 1.64. The van der Waals surface area contributed by atoms with Gasteiger partial charge in [-0.2, -0.15) is 0 Å². The topological polar surface area (TPSA) is 42.0 Å². The number of carbonyl (C=O) groups excluding carboxylic acids is 1. The number of carbonyl (C=O) groups is 1. The van der Waals surface area contributed by atoms with Crippen molar-refractivity contribution in [2.45, 2.75) is 20.3 Å². The fourth-order valence-electron chi connectivity index (χ4n) is 1.61. The zero-order valence-corrected chi connectivity index (χ0v) is 11.4. The summed E-state index contributed by atoms with van der Waals surface area (Å²) in [5.74, 6) is -0.0247. The van der Waals surface area contributed by atoms with Gasteiger partial charge in [-0.05, 0) is 26.0 Å². The highest BCUT2D eigenvalue weighted by Crippen LogP contribution is 2.08. The van der Waals surface area contributed by atoms with E-state index in [4.69, 9.17) is 0 Å². The maximum absolute atomic E-state index is 11.8. The van der Waals surface area contributed by atoms with Gasteiger partial charge >= 0.3 is 0 Å². The van der Waals surface area contributed by atoms with Crippen LogP contribution in [0.15, 0.2) is 29.6 Å². The van der Waals surface area contributed by atoms with E-state index >= 15 is 0 Å². The first kappa shape index (κ1) is 12.8. The normalized spacial score (nSPS) is 10.3. The number of aromatic nitrogens is 1. The quantitative estimate of drug-likeness (QED) is 0.918. The predicted molar refractivity (Wildman–Crippen MR) is 74.1 cm³/mol. The van der Waals surface area contributed by atoms with E-state index in [9.17, 15) is 4.79 Å². The van der Waals surface area contributed by atoms with Crippen LogP contribution in [-0.4, -0.2) is 17.4 Å². The Kier molecular flexibility index (Phi) is 4.10. The van der Waals surface area contributed by atoms with Gasteiger partial charge in [0.15, 0.2) is 0 Å². The second-order valence-corrected chi connectivity index (χ2v) is 5.20. The summed E-state index contributed by atoms with van der Waals surface area (Å²) in [6.45, 7) is 4.61. The molecule has 0 aliphatic carbocycles. The van der Waals surface area contributed by atoms with Crippen molar-refractivity contribution in [1.82, 2.24) is 10.3 Å². The molecule has 0 radical (unpaired) electrons. The van der Waals surface area contributed by atoms with Crippen LogP contribution in [0.25, 0.3) is 0 Å². The highest BCUT2D eigenvalue weighted by atomic mass is 32.1. The van der Waals surface area contributed by atoms with Gasteiger partial charge < -0.3 is 5.32 Å². The predicted octanol–water partition coefficient (Wildman–Crippen LogP) is 2.73. The average molecular weight is 260 g/mol. The molecule has 0 aliphatic heterocycles. The second-order valence-electron chi connectivity index (χ2n) is 4.25. The van der Waals surface area contributed by atoms with Crippen LogP contribution in [0.3, 0.4) is 0 Å². The third-order valence-corrected chi connectivity index (χ3v) is 3.63. The summed E-state index contributed by atoms with van der Waals surface area (Å²) in [6.07, 6.45) is 0.788. The van der Waals surface area contributed by atoms with Gasteiger partial charge in [0.2, 0.25) is 0 Å². The van der Waals surface area contributed by atoms with Crippen LogP contribution in [0.5, 0.6) is 0 Å². The molecule has 0 spiro atoms. The van der Waals surface area contributed by atoms with E-state index in [1.807, 2.05) is 43.5 Å². The van der Waals surface area contributed by atoms with E-state index in [1.54, 1.807) is 11.3 Å². The first-order chi connectivity index (χ1) is 8.65. The molecule has 4 heteroatoms. The van der Waals surface area contributed by atoms with E-state index < -0.39 is 0 Å². The molecule has 18 heavy (non-hydrogen) atoms. The Balaban J connectivity index is 1.83. The lowest BCUT2D eigenvalue weighted by atomic mass is 10.1. The molecule has 0 atom stereocenters. The fourth-order valence-corrected chi connectivity index (χ4v) is 2.38. The number of hydrogen-bond donors (Lipinski definition) is 1. The molecule has 0 aliphatic rings. The molecule has 0 unspecified atom stereocenters. The lowest BCUT2D eigenvalue weighted by molar-refractivity contribution is 0.0954. The standard InChI is InChI=1S/C14H16N2OS/c1-10-3-5-12(6-4-10)14(17)15-8-7-13-16-11(2)9-18-13/h3-6,9H,7-8H2,1-2H3,(H,15,17). The van der Waals surface area contributed by atoms with Gasteiger partial charge in [-0.25, -0.2) is 4.98 Å². The van der Waals surface area contributed by atoms with Gasteiger partial charge in [0.25, 0.3) is 5.91 Å². The molecule has 1 aromatic heterocycles. The van der Waals surface area contributed by atoms with Crippen molar-refractivity contribution < 1.29 is 4.79 Å². The number of benzene rings is 1. The number of aryl methyl sites for hydroxylation is 2. The highest BCUT2D eigenvalue weighted by Gasteiger charge is 2.05. The summed E-state index contributed by atoms with van der Waals surface area (Å²) < 4.78 is 0. The summed E-state index contributed by atoms with van der Waals surface area (Å²) in [5.41, 5.74) is 2.90. The first-order valence-corrected chi connectivity index (χ1v) is 6.79. The number of hydrogen-bond acceptors (Lipinski definition) is 3. The largest absolute Gasteiger partial charge is 0.352 e. The minimum atomic E-state index is -0.0247. The Labute approximate surface area is 111 Å². The molecule has 0 bridgehead atoms. The average Bonchev–Trinajstić information content (AvgIpc) is 2.76. The van der Waals surface area contributed by atoms with Crippen LogP contribution in [0.1, 0.15) is 26.6 Å². The Hall–Kier alpha value is -1.68. The molecular formula is C14H16N2OS. The zero-order chi connectivity index (χ0) is 13.0. The Morgan fingerprint density at radius 3 is 2.61 bits per heavy atom. The van der Waals surface area contributed by atoms with Gasteiger partial charge in [0.05, 0.1) is 5.01 Å². The van der Waals surface area contributed by atoms with Crippen LogP contribution in [0, 0.1) is 13.8 Å². The van der Waals surface area contributed by atoms with Crippen molar-refractivity contribution in [3.05, 3.63) is 51.5 Å². The minimum Gasteiger partial charge on any atom is -0.352 e. The molecular weight excluding hydrogens is 244 g/mol. The van der Waals surface area contributed by atoms with Crippen molar-refractivity contribution in [2.24, 2.45) is 0 Å². The van der Waals surface area contributed by atoms with Crippen LogP contribution < -0.4 is 5.32 Å². The fraction of sp³-hybridized carbons (Fsp3) is 0.286. The number of thiazole rings is 1. The summed E-state index contributed by atoms with van der Waals surface area (Å²) in [5, 5.41) is 6.00. The van der Waals surface area contributed by atoms with Crippen molar-refractivity contribution in [3.8, 4) is 0 Å². The Morgan fingerprint density at radius 1 is 1.28 bits per heavy atom. The maximum atomic E-state index is 11.8. The molecule has 0 fully saturated rings. The molecule has 1 heterocycles. The molecule has 3 nitrogen and oxygen atoms in total. The third-order valence-electron chi connectivity index (χ3n) is 2.60. The molecule has 2 aromatic rings. The first-order valence-electron chi connectivity index (χ1n) is 5.91. The minimum absolute atomic E-state index is 0.0247. The van der Waals surface area contributed by atoms with Crippen molar-refractivity contribution in [1.29, 1.82) is 0 Å². The van der Waals surface area contributed by atoms with E-state index in [0.29, 0.717) is 12.1 Å². The van der Waals surface area contributed by atoms with Gasteiger partial charge in [0.1, 0.15) is 0 Å². The van der Waals surface area contributed by atoms with E-state index in [1.165, 1.54) is 0 Å². The van der Waals surface area contributed by atoms with Gasteiger partial charge in [-0.1, -0.05) is 17.7 Å². The number of nitrogens with one attached hydrogen (secondary N) is 1. The highest BCUT2D eigenvalue weighted by molar-refractivity contribution is 7.09. The van der Waals surface area contributed by atoms with Crippen LogP contribution in [-0.2, 0) is 6.42 Å². The summed E-state index contributed by atoms with van der Waals surface area (Å²) in [6, 6.07) is 7.58. The molecule has 94 valence electrons. The third kappa shape index (κ3) is 3.40.